The van der Waals surface area contributed by atoms with Gasteiger partial charge in [-0.2, -0.15) is 0 Å². The molecule has 1 aliphatic rings. The molecule has 7 heteroatoms. The summed E-state index contributed by atoms with van der Waals surface area (Å²) in [5.41, 5.74) is 4.68. The van der Waals surface area contributed by atoms with Gasteiger partial charge in [0.25, 0.3) is 0 Å². The summed E-state index contributed by atoms with van der Waals surface area (Å²) in [7, 11) is 1.52. The molecule has 2 N–H and O–H groups in total. The van der Waals surface area contributed by atoms with E-state index in [2.05, 4.69) is 29.6 Å². The van der Waals surface area contributed by atoms with Crippen LogP contribution in [0.2, 0.25) is 0 Å². The second-order valence-electron chi connectivity index (χ2n) is 8.53. The number of amides is 2. The highest BCUT2D eigenvalue weighted by Gasteiger charge is 2.29. The quantitative estimate of drug-likeness (QED) is 0.557. The third-order valence-electron chi connectivity index (χ3n) is 6.27. The Morgan fingerprint density at radius 3 is 2.18 bits per heavy atom. The van der Waals surface area contributed by atoms with Gasteiger partial charge in [-0.05, 0) is 48.4 Å². The van der Waals surface area contributed by atoms with Crippen molar-refractivity contribution >= 4 is 18.0 Å². The molecule has 7 nitrogen and oxygen atoms in total. The van der Waals surface area contributed by atoms with E-state index in [0.717, 1.165) is 11.1 Å². The van der Waals surface area contributed by atoms with Crippen molar-refractivity contribution in [1.29, 1.82) is 0 Å². The smallest absolute Gasteiger partial charge is 0.407 e. The summed E-state index contributed by atoms with van der Waals surface area (Å²) < 4.78 is 5.56. The number of hydrogen-bond acceptors (Lipinski definition) is 4. The van der Waals surface area contributed by atoms with Crippen LogP contribution in [0.4, 0.5) is 4.79 Å². The lowest BCUT2D eigenvalue weighted by Gasteiger charge is -2.24. The zero-order valence-corrected chi connectivity index (χ0v) is 19.4. The first-order valence-corrected chi connectivity index (χ1v) is 11.4. The summed E-state index contributed by atoms with van der Waals surface area (Å²) in [6, 6.07) is 15.4. The molecule has 2 amide bonds. The number of nitrogens with one attached hydrogen (secondary N) is 1. The minimum atomic E-state index is -1.00. The van der Waals surface area contributed by atoms with Gasteiger partial charge in [0.2, 0.25) is 5.91 Å². The molecule has 0 radical (unpaired) electrons. The highest BCUT2D eigenvalue weighted by molar-refractivity contribution is 5.83. The molecule has 0 heterocycles. The molecule has 0 aliphatic heterocycles. The fourth-order valence-electron chi connectivity index (χ4n) is 4.44. The Kier molecular flexibility index (Phi) is 8.09. The van der Waals surface area contributed by atoms with Gasteiger partial charge < -0.3 is 20.1 Å². The zero-order chi connectivity index (χ0) is 24.0. The van der Waals surface area contributed by atoms with Crippen LogP contribution < -0.4 is 5.32 Å². The first-order valence-electron chi connectivity index (χ1n) is 11.4. The number of aliphatic carboxylic acids is 1. The first-order chi connectivity index (χ1) is 15.8. The highest BCUT2D eigenvalue weighted by Crippen LogP contribution is 2.44. The summed E-state index contributed by atoms with van der Waals surface area (Å²) in [5, 5.41) is 12.0. The standard InChI is InChI=1S/C26H32N2O5/c1-4-23(25(30)31)28(3)24(29)15-9-10-17(2)27-26(32)33-16-22-20-13-7-5-11-18(20)19-12-6-8-14-21(19)22/h5-8,11-14,17,22-23H,4,9-10,15-16H2,1-3H3,(H,27,32)(H,30,31). The molecular formula is C26H32N2O5. The number of benzene rings is 2. The van der Waals surface area contributed by atoms with E-state index in [1.165, 1.54) is 23.1 Å². The van der Waals surface area contributed by atoms with Crippen LogP contribution in [0.25, 0.3) is 11.1 Å². The van der Waals surface area contributed by atoms with E-state index in [9.17, 15) is 19.5 Å². The third kappa shape index (κ3) is 5.72. The van der Waals surface area contributed by atoms with Gasteiger partial charge in [0.1, 0.15) is 12.6 Å². The maximum Gasteiger partial charge on any atom is 0.407 e. The lowest BCUT2D eigenvalue weighted by molar-refractivity contribution is -0.149. The molecule has 3 rings (SSSR count). The summed E-state index contributed by atoms with van der Waals surface area (Å²) in [6.45, 7) is 3.86. The number of carbonyl (C=O) groups is 3. The number of fused-ring (bicyclic) bond motifs is 3. The van der Waals surface area contributed by atoms with E-state index in [-0.39, 0.29) is 30.9 Å². The van der Waals surface area contributed by atoms with E-state index in [1.54, 1.807) is 6.92 Å². The predicted molar refractivity (Wildman–Crippen MR) is 126 cm³/mol. The summed E-state index contributed by atoms with van der Waals surface area (Å²) in [4.78, 5) is 37.1. The Bertz CT molecular complexity index is 960. The average Bonchev–Trinajstić information content (AvgIpc) is 3.11. The molecule has 176 valence electrons. The highest BCUT2D eigenvalue weighted by atomic mass is 16.5. The van der Waals surface area contributed by atoms with Crippen molar-refractivity contribution in [1.82, 2.24) is 10.2 Å². The Morgan fingerprint density at radius 2 is 1.64 bits per heavy atom. The topological polar surface area (TPSA) is 95.9 Å². The molecule has 0 bridgehead atoms. The van der Waals surface area contributed by atoms with E-state index < -0.39 is 18.1 Å². The maximum absolute atomic E-state index is 12.4. The van der Waals surface area contributed by atoms with Crippen LogP contribution in [0.15, 0.2) is 48.5 Å². The summed E-state index contributed by atoms with van der Waals surface area (Å²) >= 11 is 0. The number of ether oxygens (including phenoxy) is 1. The zero-order valence-electron chi connectivity index (χ0n) is 19.4. The molecule has 0 fully saturated rings. The number of carbonyl (C=O) groups excluding carboxylic acids is 2. The fourth-order valence-corrected chi connectivity index (χ4v) is 4.44. The Labute approximate surface area is 194 Å². The van der Waals surface area contributed by atoms with E-state index in [1.807, 2.05) is 31.2 Å². The van der Waals surface area contributed by atoms with E-state index in [4.69, 9.17) is 4.74 Å². The second kappa shape index (κ2) is 11.0. The normalized spacial score (nSPS) is 14.0. The minimum absolute atomic E-state index is 0.00682. The molecule has 0 aromatic heterocycles. The second-order valence-corrected chi connectivity index (χ2v) is 8.53. The van der Waals surface area contributed by atoms with Gasteiger partial charge in [-0.1, -0.05) is 55.5 Å². The van der Waals surface area contributed by atoms with Crippen LogP contribution in [0.5, 0.6) is 0 Å². The van der Waals surface area contributed by atoms with Gasteiger partial charge in [-0.25, -0.2) is 9.59 Å². The van der Waals surface area contributed by atoms with Gasteiger partial charge in [0, 0.05) is 25.4 Å². The van der Waals surface area contributed by atoms with Crippen molar-refractivity contribution in [2.45, 2.75) is 57.5 Å². The first kappa shape index (κ1) is 24.3. The molecule has 0 saturated carbocycles. The SMILES string of the molecule is CCC(C(=O)O)N(C)C(=O)CCCC(C)NC(=O)OCC1c2ccccc2-c2ccccc21. The van der Waals surface area contributed by atoms with Crippen molar-refractivity contribution in [2.24, 2.45) is 0 Å². The summed E-state index contributed by atoms with van der Waals surface area (Å²) in [6.07, 6.45) is 1.25. The van der Waals surface area contributed by atoms with Gasteiger partial charge in [-0.3, -0.25) is 4.79 Å². The van der Waals surface area contributed by atoms with Crippen molar-refractivity contribution in [2.75, 3.05) is 13.7 Å². The molecule has 33 heavy (non-hydrogen) atoms. The van der Waals surface area contributed by atoms with Crippen molar-refractivity contribution in [3.63, 3.8) is 0 Å². The van der Waals surface area contributed by atoms with Gasteiger partial charge >= 0.3 is 12.1 Å². The lowest BCUT2D eigenvalue weighted by atomic mass is 9.98. The average molecular weight is 453 g/mol. The molecule has 2 aromatic carbocycles. The largest absolute Gasteiger partial charge is 0.480 e. The molecule has 2 atom stereocenters. The van der Waals surface area contributed by atoms with Crippen LogP contribution in [0.3, 0.4) is 0 Å². The molecular weight excluding hydrogens is 420 g/mol. The van der Waals surface area contributed by atoms with Crippen LogP contribution in [-0.4, -0.2) is 53.7 Å². The maximum atomic E-state index is 12.4. The number of nitrogens with zero attached hydrogens (tertiary/aromatic N) is 1. The Balaban J connectivity index is 1.45. The molecule has 1 aliphatic carbocycles. The number of hydrogen-bond donors (Lipinski definition) is 2. The minimum Gasteiger partial charge on any atom is -0.480 e. The number of likely N-dealkylation sites (N-methyl/N-ethyl adjacent to an activating group) is 1. The van der Waals surface area contributed by atoms with E-state index >= 15 is 0 Å². The molecule has 0 saturated heterocycles. The number of rotatable bonds is 10. The number of carboxylic acid groups (broad SMARTS) is 1. The third-order valence-corrected chi connectivity index (χ3v) is 6.27. The Hall–Kier alpha value is -3.35. The van der Waals surface area contributed by atoms with Crippen molar-refractivity contribution < 1.29 is 24.2 Å². The Morgan fingerprint density at radius 1 is 1.06 bits per heavy atom. The molecule has 0 spiro atoms. The fraction of sp³-hybridized carbons (Fsp3) is 0.423. The molecule has 2 aromatic rings. The molecule has 2 unspecified atom stereocenters. The number of alkyl carbamates (subject to hydrolysis) is 1. The van der Waals surface area contributed by atoms with E-state index in [0.29, 0.717) is 19.3 Å². The van der Waals surface area contributed by atoms with Crippen molar-refractivity contribution in [3.05, 3.63) is 59.7 Å². The van der Waals surface area contributed by atoms with Crippen LogP contribution in [0, 0.1) is 0 Å². The van der Waals surface area contributed by atoms with Gasteiger partial charge in [0.05, 0.1) is 0 Å². The van der Waals surface area contributed by atoms with Crippen LogP contribution in [-0.2, 0) is 14.3 Å². The van der Waals surface area contributed by atoms with Gasteiger partial charge in [0.15, 0.2) is 0 Å². The summed E-state index contributed by atoms with van der Waals surface area (Å²) in [5.74, 6) is -1.21. The van der Waals surface area contributed by atoms with Crippen LogP contribution in [0.1, 0.15) is 56.6 Å². The van der Waals surface area contributed by atoms with Crippen LogP contribution >= 0.6 is 0 Å². The number of carboxylic acids is 1. The predicted octanol–water partition coefficient (Wildman–Crippen LogP) is 4.41. The lowest BCUT2D eigenvalue weighted by Crippen LogP contribution is -2.42. The van der Waals surface area contributed by atoms with Crippen molar-refractivity contribution in [3.8, 4) is 11.1 Å². The monoisotopic (exact) mass is 452 g/mol. The van der Waals surface area contributed by atoms with Gasteiger partial charge in [-0.15, -0.1) is 0 Å².